The molecular weight excluding hydrogens is 893 g/mol. The number of carbonyl (C=O) groups excluding carboxylic acids is 3. The Kier molecular flexibility index (Phi) is 16.3. The second-order valence-electron chi connectivity index (χ2n) is 22.2. The molecule has 374 valence electrons. The number of rotatable bonds is 18. The van der Waals surface area contributed by atoms with Gasteiger partial charge in [-0.05, 0) is 70.4 Å². The molecule has 2 unspecified atom stereocenters. The first-order valence-electron chi connectivity index (χ1n) is 24.3. The van der Waals surface area contributed by atoms with Crippen molar-refractivity contribution in [2.24, 2.45) is 16.7 Å². The largest absolute Gasteiger partial charge is 0.455 e. The fraction of sp³-hybridized carbons (Fsp3) is 0.780. The van der Waals surface area contributed by atoms with Crippen molar-refractivity contribution in [3.05, 3.63) is 47.0 Å². The van der Waals surface area contributed by atoms with Crippen LogP contribution in [0.1, 0.15) is 141 Å². The van der Waals surface area contributed by atoms with E-state index in [2.05, 4.69) is 83.1 Å². The molecule has 0 spiro atoms. The third kappa shape index (κ3) is 8.44. The van der Waals surface area contributed by atoms with Crippen LogP contribution in [-0.2, 0) is 50.4 Å². The van der Waals surface area contributed by atoms with E-state index in [9.17, 15) is 14.7 Å². The van der Waals surface area contributed by atoms with Crippen molar-refractivity contribution < 1.29 is 60.3 Å². The van der Waals surface area contributed by atoms with Crippen molar-refractivity contribution in [2.45, 2.75) is 206 Å². The number of ether oxygens (including phenoxy) is 3. The van der Waals surface area contributed by atoms with Crippen molar-refractivity contribution in [1.29, 1.82) is 0 Å². The molecule has 2 bridgehead atoms. The maximum atomic E-state index is 17.2. The van der Waals surface area contributed by atoms with Crippen LogP contribution in [0.4, 0.5) is 0 Å². The van der Waals surface area contributed by atoms with Crippen molar-refractivity contribution in [1.82, 2.24) is 0 Å². The van der Waals surface area contributed by atoms with Gasteiger partial charge >= 0.3 is 37.6 Å². The topological polar surface area (TPSA) is 155 Å². The number of ketones is 1. The molecule has 0 aromatic heterocycles. The second kappa shape index (κ2) is 19.6. The van der Waals surface area contributed by atoms with E-state index in [-0.39, 0.29) is 64.0 Å². The number of hydrogen-bond acceptors (Lipinski definition) is 13. The molecule has 1 aromatic rings. The summed E-state index contributed by atoms with van der Waals surface area (Å²) in [7, 11) is -4.72. The Hall–Kier alpha value is -2.10. The van der Waals surface area contributed by atoms with E-state index in [0.717, 1.165) is 5.57 Å². The second-order valence-corrected chi connectivity index (χ2v) is 35.4. The maximum absolute atomic E-state index is 17.2. The van der Waals surface area contributed by atoms with Gasteiger partial charge in [0, 0.05) is 46.5 Å². The molecule has 2 saturated carbocycles. The first kappa shape index (κ1) is 54.8. The lowest BCUT2D eigenvalue weighted by Gasteiger charge is -2.69. The van der Waals surface area contributed by atoms with Gasteiger partial charge in [-0.2, -0.15) is 0 Å². The van der Waals surface area contributed by atoms with Crippen LogP contribution in [0.5, 0.6) is 0 Å². The molecule has 9 atom stereocenters. The van der Waals surface area contributed by atoms with Gasteiger partial charge in [0.25, 0.3) is 0 Å². The zero-order chi connectivity index (χ0) is 49.9. The highest BCUT2D eigenvalue weighted by Gasteiger charge is 2.79. The first-order chi connectivity index (χ1) is 30.5. The molecule has 1 saturated heterocycles. The third-order valence-corrected chi connectivity index (χ3v) is 30.1. The Morgan fingerprint density at radius 3 is 1.64 bits per heavy atom. The Morgan fingerprint density at radius 2 is 1.21 bits per heavy atom. The minimum Gasteiger partial charge on any atom is -0.455 e. The number of aliphatic hydroxyl groups is 1. The normalized spacial score (nSPS) is 31.5. The van der Waals surface area contributed by atoms with E-state index < -0.39 is 96.1 Å². The average molecular weight is 977 g/mol. The quantitative estimate of drug-likeness (QED) is 0.0844. The summed E-state index contributed by atoms with van der Waals surface area (Å²) in [5, 5.41) is 14.5. The smallest absolute Gasteiger partial charge is 0.344 e. The van der Waals surface area contributed by atoms with Crippen molar-refractivity contribution in [2.75, 3.05) is 27.9 Å². The van der Waals surface area contributed by atoms with Gasteiger partial charge in [-0.25, -0.2) is 4.79 Å². The van der Waals surface area contributed by atoms with Gasteiger partial charge in [0.2, 0.25) is 0 Å². The van der Waals surface area contributed by atoms with Crippen LogP contribution in [0, 0.1) is 16.7 Å². The summed E-state index contributed by atoms with van der Waals surface area (Å²) in [6.07, 6.45) is -5.32. The number of fused-ring (bicyclic) bond motifs is 5. The monoisotopic (exact) mass is 977 g/mol. The summed E-state index contributed by atoms with van der Waals surface area (Å²) >= 11 is 0. The molecular formula is C50H84O13Si3. The lowest BCUT2D eigenvalue weighted by molar-refractivity contribution is -0.345. The van der Waals surface area contributed by atoms with Crippen LogP contribution in [0.2, 0.25) is 33.2 Å². The Bertz CT molecular complexity index is 1930. The Balaban J connectivity index is 2.02. The van der Waals surface area contributed by atoms with Crippen LogP contribution in [-0.4, -0.2) is 118 Å². The molecule has 1 aliphatic heterocycles. The van der Waals surface area contributed by atoms with Gasteiger partial charge in [-0.1, -0.05) is 115 Å². The molecule has 1 aromatic carbocycles. The van der Waals surface area contributed by atoms with Gasteiger partial charge in [-0.15, -0.1) is 0 Å². The summed E-state index contributed by atoms with van der Waals surface area (Å²) in [6, 6.07) is 8.60. The van der Waals surface area contributed by atoms with Gasteiger partial charge in [-0.3, -0.25) is 9.59 Å². The third-order valence-electron chi connectivity index (χ3n) is 16.6. The number of esters is 2. The first-order valence-corrected chi connectivity index (χ1v) is 30.2. The molecule has 3 aliphatic carbocycles. The molecule has 1 heterocycles. The zero-order valence-corrected chi connectivity index (χ0v) is 46.8. The fourth-order valence-corrected chi connectivity index (χ4v) is 23.8. The number of benzene rings is 1. The highest BCUT2D eigenvalue weighted by atomic mass is 28.4. The van der Waals surface area contributed by atoms with E-state index in [1.165, 1.54) is 6.92 Å². The highest BCUT2D eigenvalue weighted by Crippen LogP contribution is 2.66. The molecule has 4 aliphatic rings. The molecule has 0 amide bonds. The predicted octanol–water partition coefficient (Wildman–Crippen LogP) is 9.88. The molecule has 16 heteroatoms. The SMILES string of the molecule is CO[Si](O[C@@H]1C(=O)[C@@]2(C)C([C@H](OC(=O)c3ccccc3)[C@]3(O)C[C@H](O[Si](OC)(C(C)C)C(C)C)C(C)=C1C3(C)C)[C@]1(OC(C)=O)COC1C[C@@H]2O[Si](OC)(C(C)C)C(C)C)(C(C)C)C(C)C. The number of carbonyl (C=O) groups is 3. The minimum absolute atomic E-state index is 0.0164. The molecule has 13 nitrogen and oxygen atoms in total. The Labute approximate surface area is 399 Å². The van der Waals surface area contributed by atoms with E-state index in [1.807, 2.05) is 27.7 Å². The number of Topliss-reactive ketones (excluding diaryl/α,β-unsaturated/α-hetero) is 1. The lowest BCUT2D eigenvalue weighted by atomic mass is 9.44. The summed E-state index contributed by atoms with van der Waals surface area (Å²) < 4.78 is 62.0. The predicted molar refractivity (Wildman–Crippen MR) is 261 cm³/mol. The van der Waals surface area contributed by atoms with Crippen LogP contribution < -0.4 is 0 Å². The molecule has 5 rings (SSSR count). The lowest BCUT2D eigenvalue weighted by Crippen LogP contribution is -2.82. The van der Waals surface area contributed by atoms with Crippen LogP contribution in [0.3, 0.4) is 0 Å². The highest BCUT2D eigenvalue weighted by molar-refractivity contribution is 6.71. The van der Waals surface area contributed by atoms with Crippen molar-refractivity contribution >= 4 is 43.4 Å². The molecule has 3 fully saturated rings. The summed E-state index contributed by atoms with van der Waals surface area (Å²) in [6.45, 7) is 33.7. The molecule has 0 radical (unpaired) electrons. The molecule has 66 heavy (non-hydrogen) atoms. The molecule has 1 N–H and O–H groups in total. The minimum atomic E-state index is -3.37. The van der Waals surface area contributed by atoms with Gasteiger partial charge < -0.3 is 45.9 Å². The summed E-state index contributed by atoms with van der Waals surface area (Å²) in [4.78, 5) is 45.7. The van der Waals surface area contributed by atoms with E-state index in [4.69, 9.17) is 40.8 Å². The van der Waals surface area contributed by atoms with Crippen molar-refractivity contribution in [3.8, 4) is 0 Å². The van der Waals surface area contributed by atoms with Crippen LogP contribution >= 0.6 is 0 Å². The van der Waals surface area contributed by atoms with Gasteiger partial charge in [0.1, 0.15) is 23.9 Å². The van der Waals surface area contributed by atoms with E-state index >= 15 is 4.79 Å². The summed E-state index contributed by atoms with van der Waals surface area (Å²) in [5.74, 6) is -2.92. The Morgan fingerprint density at radius 1 is 0.742 bits per heavy atom. The van der Waals surface area contributed by atoms with Gasteiger partial charge in [0.05, 0.1) is 35.7 Å². The average Bonchev–Trinajstić information content (AvgIpc) is 3.23. The zero-order valence-electron chi connectivity index (χ0n) is 43.8. The van der Waals surface area contributed by atoms with Crippen LogP contribution in [0.15, 0.2) is 41.5 Å². The summed E-state index contributed by atoms with van der Waals surface area (Å²) in [5.41, 5.74) is -5.54. The standard InChI is InChI=1S/C50H84O13Si3/c1-29(2)64(55-18,30(3)4)61-38-27-50(54)45(59-46(53)37-24-22-21-23-25-37)43-48(17,44(52)42(41(35(38)13)47(50,15)16)63-66(57-20,33(9)10)34(11)12)39(62-65(56-19,31(5)6)32(7)8)26-40-49(43,28-58-40)60-36(14)51/h21-25,29-34,38-40,42-43,45,54H,26-28H2,1-20H3/t38-,39-,40?,42-,43?,45-,48+,49-,50+/m0/s1. The van der Waals surface area contributed by atoms with Crippen molar-refractivity contribution in [3.63, 3.8) is 0 Å². The van der Waals surface area contributed by atoms with Gasteiger partial charge in [0.15, 0.2) is 11.4 Å². The number of hydrogen-bond donors (Lipinski definition) is 1. The maximum Gasteiger partial charge on any atom is 0.344 e. The van der Waals surface area contributed by atoms with Crippen LogP contribution in [0.25, 0.3) is 0 Å². The fourth-order valence-electron chi connectivity index (χ4n) is 13.0. The van der Waals surface area contributed by atoms with E-state index in [1.54, 1.807) is 51.7 Å². The van der Waals surface area contributed by atoms with E-state index in [0.29, 0.717) is 5.57 Å².